The van der Waals surface area contributed by atoms with E-state index >= 15 is 0 Å². The number of rotatable bonds is 9. The molecule has 3 N–H and O–H groups in total. The first-order valence-electron chi connectivity index (χ1n) is 13.9. The third kappa shape index (κ3) is 4.35. The molecule has 2 aromatic carbocycles. The Morgan fingerprint density at radius 1 is 1.12 bits per heavy atom. The van der Waals surface area contributed by atoms with Crippen LogP contribution in [0.2, 0.25) is 0 Å². The summed E-state index contributed by atoms with van der Waals surface area (Å²) in [5, 5.41) is 24.7. The molecule has 3 aliphatic rings. The van der Waals surface area contributed by atoms with Crippen LogP contribution in [0.4, 0.5) is 5.69 Å². The summed E-state index contributed by atoms with van der Waals surface area (Å²) in [4.78, 5) is 43.6. The number of nitrogens with zero attached hydrogens (tertiary/aromatic N) is 4. The topological polar surface area (TPSA) is 129 Å². The van der Waals surface area contributed by atoms with Gasteiger partial charge in [-0.1, -0.05) is 49.4 Å². The molecule has 2 unspecified atom stereocenters. The van der Waals surface area contributed by atoms with Crippen molar-refractivity contribution in [3.05, 3.63) is 54.6 Å². The van der Waals surface area contributed by atoms with Crippen LogP contribution in [0.1, 0.15) is 33.1 Å². The molecule has 0 saturated carbocycles. The summed E-state index contributed by atoms with van der Waals surface area (Å²) in [5.74, 6) is -1.69. The number of nitrogens with one attached hydrogen (secondary N) is 2. The van der Waals surface area contributed by atoms with Gasteiger partial charge in [0.25, 0.3) is 0 Å². The number of hydrogen-bond acceptors (Lipinski definition) is 7. The fourth-order valence-corrected chi connectivity index (χ4v) is 9.14. The van der Waals surface area contributed by atoms with Crippen molar-refractivity contribution in [2.45, 2.75) is 61.9 Å². The van der Waals surface area contributed by atoms with Crippen molar-refractivity contribution in [3.8, 4) is 0 Å². The van der Waals surface area contributed by atoms with Crippen LogP contribution in [0.3, 0.4) is 0 Å². The Morgan fingerprint density at radius 2 is 1.88 bits per heavy atom. The molecule has 11 heteroatoms. The van der Waals surface area contributed by atoms with Gasteiger partial charge in [0.2, 0.25) is 17.7 Å². The number of benzene rings is 2. The predicted molar refractivity (Wildman–Crippen MR) is 152 cm³/mol. The van der Waals surface area contributed by atoms with Crippen molar-refractivity contribution in [1.29, 1.82) is 0 Å². The SMILES string of the molecule is CC(C)C[C@H](CO)N1C(=O)[C@@H]2[C@H](C(=O)Nc3ccccc3)[C@@H]3CCC2(S3)C1C(=O)NCn1nnc2ccccc21. The number of carbonyl (C=O) groups excluding carboxylic acids is 3. The van der Waals surface area contributed by atoms with Crippen LogP contribution in [0.25, 0.3) is 11.0 Å². The highest BCUT2D eigenvalue weighted by molar-refractivity contribution is 8.02. The zero-order valence-electron chi connectivity index (χ0n) is 22.6. The van der Waals surface area contributed by atoms with E-state index in [1.807, 2.05) is 68.4 Å². The number of hydrogen-bond donors (Lipinski definition) is 3. The fourth-order valence-electron chi connectivity index (χ4n) is 6.94. The lowest BCUT2D eigenvalue weighted by molar-refractivity contribution is -0.142. The highest BCUT2D eigenvalue weighted by atomic mass is 32.2. The molecule has 210 valence electrons. The molecule has 0 radical (unpaired) electrons. The monoisotopic (exact) mass is 562 g/mol. The number of likely N-dealkylation sites (tertiary alicyclic amines) is 1. The minimum Gasteiger partial charge on any atom is -0.394 e. The van der Waals surface area contributed by atoms with Gasteiger partial charge in [-0.05, 0) is 49.4 Å². The number of aliphatic hydroxyl groups is 1. The second-order valence-electron chi connectivity index (χ2n) is 11.4. The molecule has 0 aliphatic carbocycles. The van der Waals surface area contributed by atoms with Gasteiger partial charge >= 0.3 is 0 Å². The Bertz CT molecular complexity index is 1430. The number of aliphatic hydroxyl groups excluding tert-OH is 1. The lowest BCUT2D eigenvalue weighted by atomic mass is 9.70. The molecular weight excluding hydrogens is 528 g/mol. The van der Waals surface area contributed by atoms with Crippen LogP contribution in [-0.2, 0) is 21.1 Å². The standard InChI is InChI=1S/C29H34N6O4S/c1-17(2)14-19(15-36)35-25(27(38)30-16-34-21-11-7-6-10-20(21)32-33-34)29-13-12-22(40-29)23(24(29)28(35)39)26(37)31-18-8-4-3-5-9-18/h3-11,17,19,22-25,36H,12-16H2,1-2H3,(H,30,38)(H,31,37)/t19-,22+,23-,24+,25?,29?/m1/s1. The van der Waals surface area contributed by atoms with Crippen molar-refractivity contribution in [2.24, 2.45) is 17.8 Å². The first-order chi connectivity index (χ1) is 19.3. The van der Waals surface area contributed by atoms with Gasteiger partial charge in [-0.3, -0.25) is 14.4 Å². The Morgan fingerprint density at radius 3 is 2.62 bits per heavy atom. The number of carbonyl (C=O) groups is 3. The van der Waals surface area contributed by atoms with E-state index in [4.69, 9.17) is 0 Å². The molecule has 6 rings (SSSR count). The maximum Gasteiger partial charge on any atom is 0.245 e. The zero-order chi connectivity index (χ0) is 28.0. The van der Waals surface area contributed by atoms with Crippen molar-refractivity contribution in [1.82, 2.24) is 25.2 Å². The molecule has 3 aliphatic heterocycles. The second-order valence-corrected chi connectivity index (χ2v) is 13.0. The molecule has 3 fully saturated rings. The van der Waals surface area contributed by atoms with Crippen LogP contribution >= 0.6 is 11.8 Å². The maximum absolute atomic E-state index is 14.3. The van der Waals surface area contributed by atoms with Gasteiger partial charge in [-0.15, -0.1) is 16.9 Å². The quantitative estimate of drug-likeness (QED) is 0.366. The average Bonchev–Trinajstić information content (AvgIpc) is 3.70. The molecule has 10 nitrogen and oxygen atoms in total. The first kappa shape index (κ1) is 26.8. The summed E-state index contributed by atoms with van der Waals surface area (Å²) in [6.07, 6.45) is 1.96. The summed E-state index contributed by atoms with van der Waals surface area (Å²) in [6.45, 7) is 3.91. The van der Waals surface area contributed by atoms with Crippen LogP contribution in [0.5, 0.6) is 0 Å². The highest BCUT2D eigenvalue weighted by Gasteiger charge is 2.74. The zero-order valence-corrected chi connectivity index (χ0v) is 23.4. The third-order valence-corrected chi connectivity index (χ3v) is 10.5. The molecule has 2 bridgehead atoms. The lowest BCUT2D eigenvalue weighted by Crippen LogP contribution is -2.56. The molecule has 40 heavy (non-hydrogen) atoms. The number of anilines is 1. The Hall–Kier alpha value is -3.44. The average molecular weight is 563 g/mol. The van der Waals surface area contributed by atoms with Crippen molar-refractivity contribution >= 4 is 46.2 Å². The van der Waals surface area contributed by atoms with Crippen LogP contribution in [0, 0.1) is 17.8 Å². The Balaban J connectivity index is 1.32. The summed E-state index contributed by atoms with van der Waals surface area (Å²) < 4.78 is 0.885. The highest BCUT2D eigenvalue weighted by Crippen LogP contribution is 2.66. The van der Waals surface area contributed by atoms with E-state index in [-0.39, 0.29) is 42.2 Å². The van der Waals surface area contributed by atoms with Gasteiger partial charge in [0.15, 0.2) is 0 Å². The van der Waals surface area contributed by atoms with E-state index in [0.717, 1.165) is 17.5 Å². The van der Waals surface area contributed by atoms with Crippen molar-refractivity contribution < 1.29 is 19.5 Å². The summed E-state index contributed by atoms with van der Waals surface area (Å²) >= 11 is 1.61. The van der Waals surface area contributed by atoms with Gasteiger partial charge in [0, 0.05) is 10.9 Å². The molecule has 3 saturated heterocycles. The second kappa shape index (κ2) is 10.5. The summed E-state index contributed by atoms with van der Waals surface area (Å²) in [5.41, 5.74) is 2.20. The number of amides is 3. The van der Waals surface area contributed by atoms with E-state index < -0.39 is 28.7 Å². The molecule has 3 aromatic rings. The van der Waals surface area contributed by atoms with Gasteiger partial charge < -0.3 is 20.6 Å². The van der Waals surface area contributed by atoms with Crippen molar-refractivity contribution in [3.63, 3.8) is 0 Å². The number of aromatic nitrogens is 3. The Labute approximate surface area is 236 Å². The molecular formula is C29H34N6O4S. The number of para-hydroxylation sites is 2. The molecule has 6 atom stereocenters. The van der Waals surface area contributed by atoms with Crippen molar-refractivity contribution in [2.75, 3.05) is 11.9 Å². The van der Waals surface area contributed by atoms with E-state index in [9.17, 15) is 19.5 Å². The van der Waals surface area contributed by atoms with Crippen LogP contribution in [-0.4, -0.2) is 71.4 Å². The summed E-state index contributed by atoms with van der Waals surface area (Å²) in [7, 11) is 0. The van der Waals surface area contributed by atoms with Gasteiger partial charge in [0.1, 0.15) is 18.2 Å². The molecule has 1 spiro atoms. The largest absolute Gasteiger partial charge is 0.394 e. The normalized spacial score (nSPS) is 27.8. The van der Waals surface area contributed by atoms with Crippen LogP contribution < -0.4 is 10.6 Å². The predicted octanol–water partition coefficient (Wildman–Crippen LogP) is 2.64. The van der Waals surface area contributed by atoms with E-state index in [1.54, 1.807) is 21.3 Å². The van der Waals surface area contributed by atoms with Crippen LogP contribution in [0.15, 0.2) is 54.6 Å². The van der Waals surface area contributed by atoms with Gasteiger partial charge in [-0.2, -0.15) is 0 Å². The molecule has 3 amide bonds. The minimum atomic E-state index is -0.805. The maximum atomic E-state index is 14.3. The van der Waals surface area contributed by atoms with Gasteiger partial charge in [-0.25, -0.2) is 4.68 Å². The molecule has 4 heterocycles. The fraction of sp³-hybridized carbons (Fsp3) is 0.483. The first-order valence-corrected chi connectivity index (χ1v) is 14.7. The Kier molecular flexibility index (Phi) is 7.03. The smallest absolute Gasteiger partial charge is 0.245 e. The lowest BCUT2D eigenvalue weighted by Gasteiger charge is -2.37. The molecule has 1 aromatic heterocycles. The number of thioether (sulfide) groups is 1. The van der Waals surface area contributed by atoms with E-state index in [1.165, 1.54) is 0 Å². The minimum absolute atomic E-state index is 0.0490. The number of fused-ring (bicyclic) bond motifs is 2. The van der Waals surface area contributed by atoms with E-state index in [0.29, 0.717) is 18.5 Å². The van der Waals surface area contributed by atoms with E-state index in [2.05, 4.69) is 20.9 Å². The van der Waals surface area contributed by atoms with Gasteiger partial charge in [0.05, 0.1) is 34.7 Å². The third-order valence-electron chi connectivity index (χ3n) is 8.50. The summed E-state index contributed by atoms with van der Waals surface area (Å²) in [6, 6.07) is 15.4.